The Labute approximate surface area is 126 Å². The molecule has 1 amide bonds. The van der Waals surface area contributed by atoms with Crippen LogP contribution in [0.15, 0.2) is 10.8 Å². The number of nitrogens with one attached hydrogen (secondary N) is 1. The predicted octanol–water partition coefficient (Wildman–Crippen LogP) is 1.66. The summed E-state index contributed by atoms with van der Waals surface area (Å²) in [6.07, 6.45) is 2.14. The molecule has 5 nitrogen and oxygen atoms in total. The van der Waals surface area contributed by atoms with Gasteiger partial charge in [0.25, 0.3) is 0 Å². The summed E-state index contributed by atoms with van der Waals surface area (Å²) in [7, 11) is 0. The van der Waals surface area contributed by atoms with Crippen molar-refractivity contribution in [3.05, 3.63) is 32.2 Å². The van der Waals surface area contributed by atoms with E-state index in [9.17, 15) is 4.79 Å². The first kappa shape index (κ1) is 15.1. The molecule has 2 rings (SSSR count). The van der Waals surface area contributed by atoms with E-state index >= 15 is 0 Å². The van der Waals surface area contributed by atoms with Gasteiger partial charge in [0.2, 0.25) is 5.91 Å². The maximum absolute atomic E-state index is 11.7. The fourth-order valence-corrected chi connectivity index (χ4v) is 3.23. The Hall–Kier alpha value is -1.31. The third-order valence-corrected chi connectivity index (χ3v) is 4.62. The molecule has 108 valence electrons. The van der Waals surface area contributed by atoms with Gasteiger partial charge in [-0.25, -0.2) is 9.97 Å². The van der Waals surface area contributed by atoms with Crippen LogP contribution in [-0.2, 0) is 24.2 Å². The number of nitrogens with zero attached hydrogens (tertiary/aromatic N) is 2. The summed E-state index contributed by atoms with van der Waals surface area (Å²) >= 11 is 3.17. The van der Waals surface area contributed by atoms with Crippen molar-refractivity contribution in [2.45, 2.75) is 32.7 Å². The fourth-order valence-electron chi connectivity index (χ4n) is 1.74. The number of hydrogen-bond acceptors (Lipinski definition) is 6. The van der Waals surface area contributed by atoms with Crippen molar-refractivity contribution in [2.75, 3.05) is 6.54 Å². The van der Waals surface area contributed by atoms with Gasteiger partial charge in [0.05, 0.1) is 17.1 Å². The van der Waals surface area contributed by atoms with Crippen LogP contribution in [0, 0.1) is 6.92 Å². The third-order valence-electron chi connectivity index (χ3n) is 2.67. The van der Waals surface area contributed by atoms with E-state index in [-0.39, 0.29) is 5.91 Å². The van der Waals surface area contributed by atoms with E-state index in [1.54, 1.807) is 11.3 Å². The molecule has 0 radical (unpaired) electrons. The standard InChI is InChI=1S/C13H18N4OS2/c1-9-7-19-12(16-9)3-2-4-15-11(18)5-10-8-20-13(6-14)17-10/h7-8H,2-6,14H2,1H3,(H,15,18). The lowest BCUT2D eigenvalue weighted by molar-refractivity contribution is -0.120. The molecule has 2 heterocycles. The maximum Gasteiger partial charge on any atom is 0.226 e. The lowest BCUT2D eigenvalue weighted by Gasteiger charge is -2.02. The average molecular weight is 310 g/mol. The van der Waals surface area contributed by atoms with Crippen molar-refractivity contribution in [3.63, 3.8) is 0 Å². The van der Waals surface area contributed by atoms with E-state index in [2.05, 4.69) is 15.3 Å². The van der Waals surface area contributed by atoms with E-state index in [1.165, 1.54) is 11.3 Å². The summed E-state index contributed by atoms with van der Waals surface area (Å²) < 4.78 is 0. The van der Waals surface area contributed by atoms with Gasteiger partial charge in [-0.15, -0.1) is 22.7 Å². The largest absolute Gasteiger partial charge is 0.356 e. The molecule has 0 aliphatic carbocycles. The number of nitrogens with two attached hydrogens (primary N) is 1. The van der Waals surface area contributed by atoms with Gasteiger partial charge in [0.15, 0.2) is 0 Å². The molecular formula is C13H18N4OS2. The number of aromatic nitrogens is 2. The Morgan fingerprint density at radius 1 is 1.30 bits per heavy atom. The second-order valence-electron chi connectivity index (χ2n) is 4.45. The lowest BCUT2D eigenvalue weighted by Crippen LogP contribution is -2.26. The molecule has 0 aliphatic heterocycles. The monoisotopic (exact) mass is 310 g/mol. The maximum atomic E-state index is 11.7. The van der Waals surface area contributed by atoms with Crippen molar-refractivity contribution in [2.24, 2.45) is 5.73 Å². The topological polar surface area (TPSA) is 80.9 Å². The number of aryl methyl sites for hydroxylation is 2. The van der Waals surface area contributed by atoms with Crippen LogP contribution in [0.25, 0.3) is 0 Å². The van der Waals surface area contributed by atoms with Crippen LogP contribution in [-0.4, -0.2) is 22.4 Å². The van der Waals surface area contributed by atoms with Gasteiger partial charge >= 0.3 is 0 Å². The van der Waals surface area contributed by atoms with Crippen LogP contribution in [0.3, 0.4) is 0 Å². The molecule has 7 heteroatoms. The zero-order valence-electron chi connectivity index (χ0n) is 11.4. The number of amides is 1. The Kier molecular flexibility index (Phi) is 5.63. The first-order valence-electron chi connectivity index (χ1n) is 6.48. The van der Waals surface area contributed by atoms with E-state index in [1.807, 2.05) is 17.7 Å². The van der Waals surface area contributed by atoms with Gasteiger partial charge in [0.1, 0.15) is 5.01 Å². The van der Waals surface area contributed by atoms with Crippen molar-refractivity contribution in [3.8, 4) is 0 Å². The molecule has 0 saturated carbocycles. The molecule has 0 unspecified atom stereocenters. The molecular weight excluding hydrogens is 292 g/mol. The minimum atomic E-state index is 0.00851. The van der Waals surface area contributed by atoms with Crippen LogP contribution >= 0.6 is 22.7 Å². The predicted molar refractivity (Wildman–Crippen MR) is 81.9 cm³/mol. The highest BCUT2D eigenvalue weighted by atomic mass is 32.1. The van der Waals surface area contributed by atoms with Gasteiger partial charge in [-0.2, -0.15) is 0 Å². The van der Waals surface area contributed by atoms with Crippen molar-refractivity contribution < 1.29 is 4.79 Å². The first-order valence-corrected chi connectivity index (χ1v) is 8.24. The summed E-state index contributed by atoms with van der Waals surface area (Å²) in [4.78, 5) is 20.4. The Morgan fingerprint density at radius 2 is 2.10 bits per heavy atom. The van der Waals surface area contributed by atoms with Crippen LogP contribution < -0.4 is 11.1 Å². The average Bonchev–Trinajstić information content (AvgIpc) is 3.04. The first-order chi connectivity index (χ1) is 9.67. The number of hydrogen-bond donors (Lipinski definition) is 2. The molecule has 0 fully saturated rings. The Bertz CT molecular complexity index is 564. The molecule has 2 aromatic heterocycles. The number of carbonyl (C=O) groups excluding carboxylic acids is 1. The highest BCUT2D eigenvalue weighted by Gasteiger charge is 2.07. The van der Waals surface area contributed by atoms with Gasteiger partial charge in [-0.3, -0.25) is 4.79 Å². The molecule has 0 spiro atoms. The fraction of sp³-hybridized carbons (Fsp3) is 0.462. The van der Waals surface area contributed by atoms with Crippen molar-refractivity contribution in [1.82, 2.24) is 15.3 Å². The van der Waals surface area contributed by atoms with Crippen LogP contribution in [0.5, 0.6) is 0 Å². The molecule has 3 N–H and O–H groups in total. The number of thiazole rings is 2. The molecule has 0 atom stereocenters. The van der Waals surface area contributed by atoms with Gasteiger partial charge in [-0.05, 0) is 13.3 Å². The van der Waals surface area contributed by atoms with Gasteiger partial charge < -0.3 is 11.1 Å². The number of rotatable bonds is 7. The van der Waals surface area contributed by atoms with E-state index < -0.39 is 0 Å². The second-order valence-corrected chi connectivity index (χ2v) is 6.33. The summed E-state index contributed by atoms with van der Waals surface area (Å²) in [5.41, 5.74) is 7.35. The zero-order valence-corrected chi connectivity index (χ0v) is 13.0. The van der Waals surface area contributed by atoms with E-state index in [4.69, 9.17) is 5.73 Å². The van der Waals surface area contributed by atoms with Crippen molar-refractivity contribution >= 4 is 28.6 Å². The van der Waals surface area contributed by atoms with E-state index in [0.29, 0.717) is 19.5 Å². The highest BCUT2D eigenvalue weighted by molar-refractivity contribution is 7.09. The second kappa shape index (κ2) is 7.47. The molecule has 2 aromatic rings. The summed E-state index contributed by atoms with van der Waals surface area (Å²) in [5, 5.41) is 8.84. The molecule has 0 aromatic carbocycles. The normalized spacial score (nSPS) is 10.7. The van der Waals surface area contributed by atoms with Crippen LogP contribution in [0.4, 0.5) is 0 Å². The molecule has 0 aliphatic rings. The third kappa shape index (κ3) is 4.66. The van der Waals surface area contributed by atoms with Crippen LogP contribution in [0.1, 0.15) is 27.8 Å². The summed E-state index contributed by atoms with van der Waals surface area (Å²) in [6.45, 7) is 3.09. The van der Waals surface area contributed by atoms with Crippen LogP contribution in [0.2, 0.25) is 0 Å². The lowest BCUT2D eigenvalue weighted by atomic mass is 10.3. The van der Waals surface area contributed by atoms with Crippen molar-refractivity contribution in [1.29, 1.82) is 0 Å². The zero-order chi connectivity index (χ0) is 14.4. The minimum absolute atomic E-state index is 0.00851. The number of carbonyl (C=O) groups is 1. The Morgan fingerprint density at radius 3 is 2.75 bits per heavy atom. The SMILES string of the molecule is Cc1csc(CCCNC(=O)Cc2csc(CN)n2)n1. The molecule has 0 saturated heterocycles. The quantitative estimate of drug-likeness (QED) is 0.762. The summed E-state index contributed by atoms with van der Waals surface area (Å²) in [5.74, 6) is 0.00851. The van der Waals surface area contributed by atoms with E-state index in [0.717, 1.165) is 34.2 Å². The van der Waals surface area contributed by atoms with Gasteiger partial charge in [0, 0.05) is 36.0 Å². The highest BCUT2D eigenvalue weighted by Crippen LogP contribution is 2.11. The smallest absolute Gasteiger partial charge is 0.226 e. The Balaban J connectivity index is 1.65. The van der Waals surface area contributed by atoms with Gasteiger partial charge in [-0.1, -0.05) is 0 Å². The minimum Gasteiger partial charge on any atom is -0.356 e. The summed E-state index contributed by atoms with van der Waals surface area (Å²) in [6, 6.07) is 0. The molecule has 0 bridgehead atoms. The molecule has 20 heavy (non-hydrogen) atoms.